The summed E-state index contributed by atoms with van der Waals surface area (Å²) in [5.74, 6) is -1.57. The molecule has 0 saturated heterocycles. The zero-order valence-electron chi connectivity index (χ0n) is 12.2. The monoisotopic (exact) mass is 296 g/mol. The van der Waals surface area contributed by atoms with Gasteiger partial charge in [0.25, 0.3) is 0 Å². The first kappa shape index (κ1) is 17.1. The van der Waals surface area contributed by atoms with Crippen LogP contribution >= 0.6 is 0 Å². The van der Waals surface area contributed by atoms with Crippen LogP contribution < -0.4 is 11.1 Å². The highest BCUT2D eigenvalue weighted by atomic mass is 19.1. The van der Waals surface area contributed by atoms with Gasteiger partial charge in [0, 0.05) is 6.42 Å². The topological polar surface area (TPSA) is 92.4 Å². The molecule has 0 radical (unpaired) electrons. The van der Waals surface area contributed by atoms with Gasteiger partial charge in [0.15, 0.2) is 0 Å². The minimum atomic E-state index is -1.18. The number of aliphatic hydroxyl groups excluding tert-OH is 1. The summed E-state index contributed by atoms with van der Waals surface area (Å²) in [5, 5.41) is 12.1. The number of nitrogens with one attached hydrogen (secondary N) is 1. The minimum Gasteiger partial charge on any atom is -0.383 e. The Morgan fingerprint density at radius 1 is 1.29 bits per heavy atom. The Bertz CT molecular complexity index is 488. The van der Waals surface area contributed by atoms with Gasteiger partial charge in [-0.25, -0.2) is 4.39 Å². The molecule has 4 N–H and O–H groups in total. The van der Waals surface area contributed by atoms with Crippen LogP contribution in [0.4, 0.5) is 4.39 Å². The molecular formula is C15H21FN2O3. The fourth-order valence-electron chi connectivity index (χ4n) is 1.90. The summed E-state index contributed by atoms with van der Waals surface area (Å²) in [5.41, 5.74) is 5.92. The van der Waals surface area contributed by atoms with Crippen LogP contribution in [0.3, 0.4) is 0 Å². The quantitative estimate of drug-likeness (QED) is 0.693. The molecule has 0 saturated carbocycles. The lowest BCUT2D eigenvalue weighted by Crippen LogP contribution is -2.49. The molecule has 0 fully saturated rings. The highest BCUT2D eigenvalue weighted by Crippen LogP contribution is 2.08. The fourth-order valence-corrected chi connectivity index (χ4v) is 1.90. The van der Waals surface area contributed by atoms with Gasteiger partial charge in [-0.15, -0.1) is 0 Å². The predicted molar refractivity (Wildman–Crippen MR) is 76.7 cm³/mol. The second kappa shape index (κ2) is 7.73. The second-order valence-corrected chi connectivity index (χ2v) is 5.44. The SMILES string of the molecule is CC(C)C[C@H](O)C(=O)N[C@H](Cc1ccc(F)cc1)C(N)=O. The van der Waals surface area contributed by atoms with Crippen LogP contribution in [0.2, 0.25) is 0 Å². The van der Waals surface area contributed by atoms with E-state index >= 15 is 0 Å². The Kier molecular flexibility index (Phi) is 6.30. The van der Waals surface area contributed by atoms with Gasteiger partial charge in [0.1, 0.15) is 18.0 Å². The maximum absolute atomic E-state index is 12.8. The normalized spacial score (nSPS) is 13.8. The smallest absolute Gasteiger partial charge is 0.249 e. The van der Waals surface area contributed by atoms with Crippen molar-refractivity contribution in [2.24, 2.45) is 11.7 Å². The number of nitrogens with two attached hydrogens (primary N) is 1. The molecule has 0 aliphatic carbocycles. The average Bonchev–Trinajstić information content (AvgIpc) is 2.39. The van der Waals surface area contributed by atoms with E-state index in [0.29, 0.717) is 12.0 Å². The zero-order chi connectivity index (χ0) is 16.0. The summed E-state index contributed by atoms with van der Waals surface area (Å²) in [6.45, 7) is 3.75. The summed E-state index contributed by atoms with van der Waals surface area (Å²) in [4.78, 5) is 23.2. The Hall–Kier alpha value is -1.95. The van der Waals surface area contributed by atoms with Crippen molar-refractivity contribution < 1.29 is 19.1 Å². The number of aliphatic hydroxyl groups is 1. The molecule has 2 amide bonds. The molecule has 1 aromatic carbocycles. The van der Waals surface area contributed by atoms with E-state index in [0.717, 1.165) is 0 Å². The maximum Gasteiger partial charge on any atom is 0.249 e. The van der Waals surface area contributed by atoms with E-state index in [2.05, 4.69) is 5.32 Å². The number of hydrogen-bond donors (Lipinski definition) is 3. The van der Waals surface area contributed by atoms with Gasteiger partial charge in [-0.05, 0) is 30.0 Å². The van der Waals surface area contributed by atoms with Crippen LogP contribution in [0.15, 0.2) is 24.3 Å². The van der Waals surface area contributed by atoms with E-state index in [-0.39, 0.29) is 18.2 Å². The van der Waals surface area contributed by atoms with E-state index in [1.807, 2.05) is 13.8 Å². The molecule has 0 spiro atoms. The van der Waals surface area contributed by atoms with Crippen LogP contribution in [0.1, 0.15) is 25.8 Å². The molecule has 0 aliphatic heterocycles. The molecule has 0 bridgehead atoms. The highest BCUT2D eigenvalue weighted by Gasteiger charge is 2.23. The zero-order valence-corrected chi connectivity index (χ0v) is 12.2. The van der Waals surface area contributed by atoms with Crippen molar-refractivity contribution in [1.29, 1.82) is 0 Å². The molecule has 1 rings (SSSR count). The Labute approximate surface area is 123 Å². The molecule has 1 aromatic rings. The van der Waals surface area contributed by atoms with Gasteiger partial charge < -0.3 is 16.2 Å². The van der Waals surface area contributed by atoms with E-state index < -0.39 is 24.0 Å². The second-order valence-electron chi connectivity index (χ2n) is 5.44. The van der Waals surface area contributed by atoms with E-state index in [1.165, 1.54) is 24.3 Å². The summed E-state index contributed by atoms with van der Waals surface area (Å²) >= 11 is 0. The molecule has 116 valence electrons. The van der Waals surface area contributed by atoms with Gasteiger partial charge in [-0.3, -0.25) is 9.59 Å². The first-order valence-corrected chi connectivity index (χ1v) is 6.81. The third-order valence-corrected chi connectivity index (χ3v) is 3.01. The number of amides is 2. The Balaban J connectivity index is 2.67. The van der Waals surface area contributed by atoms with E-state index in [1.54, 1.807) is 0 Å². The molecule has 21 heavy (non-hydrogen) atoms. The number of rotatable bonds is 7. The summed E-state index contributed by atoms with van der Waals surface area (Å²) in [6.07, 6.45) is -0.732. The summed E-state index contributed by atoms with van der Waals surface area (Å²) < 4.78 is 12.8. The van der Waals surface area contributed by atoms with E-state index in [4.69, 9.17) is 5.73 Å². The van der Waals surface area contributed by atoms with Crippen LogP contribution in [0.5, 0.6) is 0 Å². The number of benzene rings is 1. The average molecular weight is 296 g/mol. The first-order chi connectivity index (χ1) is 9.79. The fraction of sp³-hybridized carbons (Fsp3) is 0.467. The van der Waals surface area contributed by atoms with Gasteiger partial charge >= 0.3 is 0 Å². The van der Waals surface area contributed by atoms with Crippen molar-refractivity contribution in [3.8, 4) is 0 Å². The minimum absolute atomic E-state index is 0.148. The van der Waals surface area contributed by atoms with Crippen LogP contribution in [0, 0.1) is 11.7 Å². The largest absolute Gasteiger partial charge is 0.383 e. The van der Waals surface area contributed by atoms with Crippen LogP contribution in [0.25, 0.3) is 0 Å². The lowest BCUT2D eigenvalue weighted by Gasteiger charge is -2.19. The van der Waals surface area contributed by atoms with E-state index in [9.17, 15) is 19.1 Å². The number of carbonyl (C=O) groups excluding carboxylic acids is 2. The first-order valence-electron chi connectivity index (χ1n) is 6.81. The molecular weight excluding hydrogens is 275 g/mol. The lowest BCUT2D eigenvalue weighted by molar-refractivity contribution is -0.133. The number of halogens is 1. The molecule has 0 heterocycles. The summed E-state index contributed by atoms with van der Waals surface area (Å²) in [6, 6.07) is 4.63. The molecule has 0 unspecified atom stereocenters. The Morgan fingerprint density at radius 3 is 2.33 bits per heavy atom. The number of carbonyl (C=O) groups is 2. The van der Waals surface area contributed by atoms with Crippen LogP contribution in [-0.2, 0) is 16.0 Å². The van der Waals surface area contributed by atoms with Crippen molar-refractivity contribution in [2.45, 2.75) is 38.8 Å². The number of primary amides is 1. The van der Waals surface area contributed by atoms with Crippen molar-refractivity contribution in [2.75, 3.05) is 0 Å². The lowest BCUT2D eigenvalue weighted by atomic mass is 10.0. The van der Waals surface area contributed by atoms with Gasteiger partial charge in [-0.2, -0.15) is 0 Å². The predicted octanol–water partition coefficient (Wildman–Crippen LogP) is 0.745. The van der Waals surface area contributed by atoms with Crippen molar-refractivity contribution in [3.63, 3.8) is 0 Å². The maximum atomic E-state index is 12.8. The Morgan fingerprint density at radius 2 is 1.86 bits per heavy atom. The van der Waals surface area contributed by atoms with Crippen LogP contribution in [-0.4, -0.2) is 29.1 Å². The van der Waals surface area contributed by atoms with Gasteiger partial charge in [0.2, 0.25) is 11.8 Å². The standard InChI is InChI=1S/C15H21FN2O3/c1-9(2)7-13(19)15(21)18-12(14(17)20)8-10-3-5-11(16)6-4-10/h3-6,9,12-13,19H,7-8H2,1-2H3,(H2,17,20)(H,18,21)/t12-,13+/m1/s1. The van der Waals surface area contributed by atoms with Crippen molar-refractivity contribution in [3.05, 3.63) is 35.6 Å². The molecule has 2 atom stereocenters. The third-order valence-electron chi connectivity index (χ3n) is 3.01. The molecule has 5 nitrogen and oxygen atoms in total. The summed E-state index contributed by atoms with van der Waals surface area (Å²) in [7, 11) is 0. The molecule has 6 heteroatoms. The van der Waals surface area contributed by atoms with Crippen molar-refractivity contribution >= 4 is 11.8 Å². The third kappa shape index (κ3) is 5.91. The number of hydrogen-bond acceptors (Lipinski definition) is 3. The molecule has 0 aromatic heterocycles. The van der Waals surface area contributed by atoms with Gasteiger partial charge in [-0.1, -0.05) is 26.0 Å². The van der Waals surface area contributed by atoms with Gasteiger partial charge in [0.05, 0.1) is 0 Å². The highest BCUT2D eigenvalue weighted by molar-refractivity contribution is 5.88. The molecule has 0 aliphatic rings. The van der Waals surface area contributed by atoms with Crippen molar-refractivity contribution in [1.82, 2.24) is 5.32 Å².